The maximum Gasteiger partial charge on any atom is 0.252 e. The molecule has 1 aliphatic rings. The van der Waals surface area contributed by atoms with Crippen LogP contribution in [0.3, 0.4) is 0 Å². The Morgan fingerprint density at radius 2 is 2.03 bits per heavy atom. The molecule has 0 saturated carbocycles. The Morgan fingerprint density at radius 1 is 1.16 bits per heavy atom. The highest BCUT2D eigenvalue weighted by Gasteiger charge is 2.30. The van der Waals surface area contributed by atoms with Crippen LogP contribution in [-0.4, -0.2) is 68.6 Å². The van der Waals surface area contributed by atoms with Gasteiger partial charge in [0.15, 0.2) is 11.5 Å². The highest BCUT2D eigenvalue weighted by molar-refractivity contribution is 7.09. The Balaban J connectivity index is 1.35. The van der Waals surface area contributed by atoms with Gasteiger partial charge in [-0.2, -0.15) is 0 Å². The Morgan fingerprint density at radius 3 is 2.84 bits per heavy atom. The molecule has 0 spiro atoms. The van der Waals surface area contributed by atoms with Crippen LogP contribution in [0.1, 0.15) is 27.1 Å². The van der Waals surface area contributed by atoms with E-state index >= 15 is 0 Å². The second-order valence-electron chi connectivity index (χ2n) is 7.78. The molecule has 1 atom stereocenters. The predicted molar refractivity (Wildman–Crippen MR) is 123 cm³/mol. The van der Waals surface area contributed by atoms with E-state index in [1.54, 1.807) is 29.8 Å². The molecule has 9 nitrogen and oxygen atoms in total. The van der Waals surface area contributed by atoms with Gasteiger partial charge in [-0.05, 0) is 43.1 Å². The first kappa shape index (κ1) is 20.5. The van der Waals surface area contributed by atoms with Crippen molar-refractivity contribution in [2.75, 3.05) is 38.1 Å². The van der Waals surface area contributed by atoms with Crippen LogP contribution in [0.25, 0.3) is 5.65 Å². The summed E-state index contributed by atoms with van der Waals surface area (Å²) in [5.41, 5.74) is 1.31. The predicted octanol–water partition coefficient (Wildman–Crippen LogP) is 2.05. The van der Waals surface area contributed by atoms with Crippen molar-refractivity contribution in [1.29, 1.82) is 0 Å². The van der Waals surface area contributed by atoms with Gasteiger partial charge in [0.1, 0.15) is 0 Å². The number of pyridine rings is 1. The molecule has 1 amide bonds. The lowest BCUT2D eigenvalue weighted by atomic mass is 10.1. The Hall–Kier alpha value is -3.37. The minimum absolute atomic E-state index is 0.000282. The first-order valence-electron chi connectivity index (χ1n) is 10.6. The van der Waals surface area contributed by atoms with E-state index in [0.717, 1.165) is 31.0 Å². The molecule has 10 heteroatoms. The van der Waals surface area contributed by atoms with Crippen LogP contribution in [0.5, 0.6) is 0 Å². The van der Waals surface area contributed by atoms with Crippen LogP contribution in [0.4, 0.5) is 5.95 Å². The Labute approximate surface area is 189 Å². The molecule has 1 N–H and O–H groups in total. The van der Waals surface area contributed by atoms with Crippen molar-refractivity contribution in [3.05, 3.63) is 70.6 Å². The standard InChI is InChI=1S/C22H24N8OS/c1-28-11-12-29(22-24-8-3-9-25-22)15-18(28)20-27-26-19-6-5-16(14-30(19)20)21(31)23-10-7-17-4-2-13-32-17/h2-6,8-9,13-14,18H,7,10-12,15H2,1H3,(H,23,31)/t18-/m0/s1. The molecule has 0 radical (unpaired) electrons. The average Bonchev–Trinajstić information content (AvgIpc) is 3.49. The summed E-state index contributed by atoms with van der Waals surface area (Å²) in [5.74, 6) is 1.42. The Kier molecular flexibility index (Phi) is 5.78. The summed E-state index contributed by atoms with van der Waals surface area (Å²) in [5, 5.41) is 13.9. The van der Waals surface area contributed by atoms with Crippen LogP contribution in [0, 0.1) is 0 Å². The average molecular weight is 449 g/mol. The largest absolute Gasteiger partial charge is 0.352 e. The fraction of sp³-hybridized carbons (Fsp3) is 0.318. The van der Waals surface area contributed by atoms with Crippen LogP contribution in [-0.2, 0) is 6.42 Å². The molecule has 0 aromatic carbocycles. The summed E-state index contributed by atoms with van der Waals surface area (Å²) in [6.45, 7) is 2.98. The number of amides is 1. The maximum absolute atomic E-state index is 12.7. The topological polar surface area (TPSA) is 91.6 Å². The van der Waals surface area contributed by atoms with Crippen molar-refractivity contribution in [2.45, 2.75) is 12.5 Å². The second-order valence-corrected chi connectivity index (χ2v) is 8.81. The van der Waals surface area contributed by atoms with Crippen molar-refractivity contribution >= 4 is 28.8 Å². The van der Waals surface area contributed by atoms with E-state index in [4.69, 9.17) is 0 Å². The summed E-state index contributed by atoms with van der Waals surface area (Å²) in [7, 11) is 2.08. The third-order valence-electron chi connectivity index (χ3n) is 5.71. The SMILES string of the molecule is CN1CCN(c2ncccn2)C[C@H]1c1nnc2ccc(C(=O)NCCc3cccs3)cn12. The summed E-state index contributed by atoms with van der Waals surface area (Å²) in [6, 6.07) is 9.55. The first-order chi connectivity index (χ1) is 15.7. The lowest BCUT2D eigenvalue weighted by molar-refractivity contribution is 0.0953. The van der Waals surface area contributed by atoms with E-state index in [1.165, 1.54) is 4.88 Å². The van der Waals surface area contributed by atoms with Crippen molar-refractivity contribution in [2.24, 2.45) is 0 Å². The highest BCUT2D eigenvalue weighted by atomic mass is 32.1. The zero-order valence-electron chi connectivity index (χ0n) is 17.8. The number of thiophene rings is 1. The minimum Gasteiger partial charge on any atom is -0.352 e. The molecule has 1 saturated heterocycles. The minimum atomic E-state index is -0.0978. The lowest BCUT2D eigenvalue weighted by Gasteiger charge is -2.38. The van der Waals surface area contributed by atoms with E-state index in [9.17, 15) is 4.79 Å². The van der Waals surface area contributed by atoms with Crippen LogP contribution >= 0.6 is 11.3 Å². The number of fused-ring (bicyclic) bond motifs is 1. The van der Waals surface area contributed by atoms with Gasteiger partial charge < -0.3 is 10.2 Å². The summed E-state index contributed by atoms with van der Waals surface area (Å²) >= 11 is 1.70. The fourth-order valence-corrected chi connectivity index (χ4v) is 4.62. The summed E-state index contributed by atoms with van der Waals surface area (Å²) in [6.07, 6.45) is 6.17. The lowest BCUT2D eigenvalue weighted by Crippen LogP contribution is -2.47. The number of aromatic nitrogens is 5. The molecule has 5 heterocycles. The van der Waals surface area contributed by atoms with Gasteiger partial charge in [0.05, 0.1) is 11.6 Å². The zero-order valence-corrected chi connectivity index (χ0v) is 18.6. The number of piperazine rings is 1. The highest BCUT2D eigenvalue weighted by Crippen LogP contribution is 2.25. The monoisotopic (exact) mass is 448 g/mol. The molecule has 4 aromatic heterocycles. The second kappa shape index (κ2) is 9.01. The van der Waals surface area contributed by atoms with E-state index in [1.807, 2.05) is 34.2 Å². The zero-order chi connectivity index (χ0) is 21.9. The smallest absolute Gasteiger partial charge is 0.252 e. The molecular formula is C22H24N8OS. The number of carbonyl (C=O) groups excluding carboxylic acids is 1. The number of likely N-dealkylation sites (N-methyl/N-ethyl adjacent to an activating group) is 1. The van der Waals surface area contributed by atoms with Crippen LogP contribution < -0.4 is 10.2 Å². The van der Waals surface area contributed by atoms with Crippen molar-refractivity contribution in [3.8, 4) is 0 Å². The van der Waals surface area contributed by atoms with E-state index < -0.39 is 0 Å². The van der Waals surface area contributed by atoms with E-state index in [-0.39, 0.29) is 11.9 Å². The molecule has 1 fully saturated rings. The molecule has 0 aliphatic carbocycles. The van der Waals surface area contributed by atoms with Gasteiger partial charge in [-0.3, -0.25) is 14.1 Å². The number of hydrogen-bond donors (Lipinski definition) is 1. The molecule has 5 rings (SSSR count). The molecule has 1 aliphatic heterocycles. The number of hydrogen-bond acceptors (Lipinski definition) is 8. The van der Waals surface area contributed by atoms with E-state index in [2.05, 4.69) is 48.4 Å². The van der Waals surface area contributed by atoms with Crippen molar-refractivity contribution in [1.82, 2.24) is 34.8 Å². The maximum atomic E-state index is 12.7. The summed E-state index contributed by atoms with van der Waals surface area (Å²) in [4.78, 5) is 27.2. The van der Waals surface area contributed by atoms with Gasteiger partial charge in [-0.25, -0.2) is 9.97 Å². The molecule has 4 aromatic rings. The molecule has 164 valence electrons. The van der Waals surface area contributed by atoms with Crippen molar-refractivity contribution in [3.63, 3.8) is 0 Å². The number of nitrogens with zero attached hydrogens (tertiary/aromatic N) is 7. The van der Waals surface area contributed by atoms with Gasteiger partial charge in [0, 0.05) is 49.6 Å². The van der Waals surface area contributed by atoms with Gasteiger partial charge in [0.2, 0.25) is 5.95 Å². The molecule has 32 heavy (non-hydrogen) atoms. The third kappa shape index (κ3) is 4.19. The number of rotatable bonds is 6. The Bertz CT molecular complexity index is 1190. The number of carbonyl (C=O) groups is 1. The van der Waals surface area contributed by atoms with Crippen LogP contribution in [0.15, 0.2) is 54.3 Å². The van der Waals surface area contributed by atoms with Gasteiger partial charge in [0.25, 0.3) is 5.91 Å². The van der Waals surface area contributed by atoms with Gasteiger partial charge in [-0.15, -0.1) is 21.5 Å². The van der Waals surface area contributed by atoms with Crippen molar-refractivity contribution < 1.29 is 4.79 Å². The van der Waals surface area contributed by atoms with Gasteiger partial charge in [-0.1, -0.05) is 6.07 Å². The fourth-order valence-electron chi connectivity index (χ4n) is 3.91. The normalized spacial score (nSPS) is 17.0. The number of nitrogens with one attached hydrogen (secondary N) is 1. The third-order valence-corrected chi connectivity index (χ3v) is 6.65. The molecule has 0 unspecified atom stereocenters. The van der Waals surface area contributed by atoms with E-state index in [0.29, 0.717) is 24.6 Å². The summed E-state index contributed by atoms with van der Waals surface area (Å²) < 4.78 is 1.92. The van der Waals surface area contributed by atoms with Gasteiger partial charge >= 0.3 is 0 Å². The molecular weight excluding hydrogens is 424 g/mol. The quantitative estimate of drug-likeness (QED) is 0.483. The first-order valence-corrected chi connectivity index (χ1v) is 11.4. The molecule has 0 bridgehead atoms. The number of anilines is 1. The van der Waals surface area contributed by atoms with Crippen LogP contribution in [0.2, 0.25) is 0 Å².